The second-order valence-corrected chi connectivity index (χ2v) is 7.49. The maximum Gasteiger partial charge on any atom is 0.344 e. The molecule has 0 bridgehead atoms. The van der Waals surface area contributed by atoms with Gasteiger partial charge in [-0.05, 0) is 36.4 Å². The van der Waals surface area contributed by atoms with Crippen molar-refractivity contribution in [2.45, 2.75) is 4.90 Å². The monoisotopic (exact) mass is 385 g/mol. The minimum atomic E-state index is -3.53. The van der Waals surface area contributed by atoms with Crippen molar-refractivity contribution in [1.82, 2.24) is 4.31 Å². The van der Waals surface area contributed by atoms with Crippen LogP contribution < -0.4 is 4.74 Å². The van der Waals surface area contributed by atoms with Gasteiger partial charge >= 0.3 is 5.97 Å². The normalized spacial score (nSPS) is 11.4. The standard InChI is InChI=1S/C17H17F2NO5S/c1-20(2)26(22,23)13-8-6-12(7-9-13)24-10-11-25-17(21)16-14(18)4-3-5-15(16)19/h3-9H,10-11H2,1-2H3. The molecule has 0 aliphatic rings. The largest absolute Gasteiger partial charge is 0.490 e. The zero-order chi connectivity index (χ0) is 19.3. The van der Waals surface area contributed by atoms with Crippen molar-refractivity contribution in [1.29, 1.82) is 0 Å². The van der Waals surface area contributed by atoms with Crippen molar-refractivity contribution in [3.8, 4) is 5.75 Å². The molecule has 2 aromatic rings. The van der Waals surface area contributed by atoms with E-state index in [0.29, 0.717) is 5.75 Å². The molecule has 0 saturated carbocycles. The molecule has 0 spiro atoms. The summed E-state index contributed by atoms with van der Waals surface area (Å²) in [6.45, 7) is -0.300. The molecular weight excluding hydrogens is 368 g/mol. The number of sulfonamides is 1. The van der Waals surface area contributed by atoms with E-state index in [0.717, 1.165) is 22.5 Å². The number of rotatable bonds is 7. The highest BCUT2D eigenvalue weighted by molar-refractivity contribution is 7.89. The van der Waals surface area contributed by atoms with Gasteiger partial charge in [-0.25, -0.2) is 26.3 Å². The number of hydrogen-bond donors (Lipinski definition) is 0. The Kier molecular flexibility index (Phi) is 6.27. The predicted molar refractivity (Wildman–Crippen MR) is 89.5 cm³/mol. The summed E-state index contributed by atoms with van der Waals surface area (Å²) in [5.41, 5.74) is -0.759. The van der Waals surface area contributed by atoms with Crippen LogP contribution in [0.2, 0.25) is 0 Å². The molecule has 0 fully saturated rings. The second-order valence-electron chi connectivity index (χ2n) is 5.34. The van der Waals surface area contributed by atoms with E-state index in [9.17, 15) is 22.0 Å². The molecule has 6 nitrogen and oxygen atoms in total. The van der Waals surface area contributed by atoms with Crippen molar-refractivity contribution >= 4 is 16.0 Å². The number of carbonyl (C=O) groups excluding carboxylic acids is 1. The van der Waals surface area contributed by atoms with E-state index in [-0.39, 0.29) is 18.1 Å². The molecule has 0 radical (unpaired) electrons. The maximum absolute atomic E-state index is 13.4. The van der Waals surface area contributed by atoms with Crippen molar-refractivity contribution in [2.75, 3.05) is 27.3 Å². The summed E-state index contributed by atoms with van der Waals surface area (Å²) in [5.74, 6) is -2.78. The Labute approximate surface area is 150 Å². The van der Waals surface area contributed by atoms with Gasteiger partial charge in [0.1, 0.15) is 36.2 Å². The molecule has 0 aliphatic carbocycles. The SMILES string of the molecule is CN(C)S(=O)(=O)c1ccc(OCCOC(=O)c2c(F)cccc2F)cc1. The van der Waals surface area contributed by atoms with Crippen LogP contribution >= 0.6 is 0 Å². The number of esters is 1. The fraction of sp³-hybridized carbons (Fsp3) is 0.235. The third-order valence-electron chi connectivity index (χ3n) is 3.35. The molecule has 0 amide bonds. The van der Waals surface area contributed by atoms with Gasteiger partial charge in [-0.2, -0.15) is 0 Å². The first-order chi connectivity index (χ1) is 12.2. The van der Waals surface area contributed by atoms with E-state index in [2.05, 4.69) is 0 Å². The molecule has 9 heteroatoms. The Bertz CT molecular complexity index is 862. The summed E-state index contributed by atoms with van der Waals surface area (Å²) in [7, 11) is -0.685. The van der Waals surface area contributed by atoms with Gasteiger partial charge < -0.3 is 9.47 Å². The molecule has 0 saturated heterocycles. The van der Waals surface area contributed by atoms with E-state index in [1.54, 1.807) is 0 Å². The third kappa shape index (κ3) is 4.55. The lowest BCUT2D eigenvalue weighted by atomic mass is 10.2. The lowest BCUT2D eigenvalue weighted by molar-refractivity contribution is 0.0439. The summed E-state index contributed by atoms with van der Waals surface area (Å²) in [5, 5.41) is 0. The first-order valence-corrected chi connectivity index (χ1v) is 8.94. The number of benzene rings is 2. The van der Waals surface area contributed by atoms with Crippen LogP contribution in [0.15, 0.2) is 47.4 Å². The Morgan fingerprint density at radius 1 is 1.00 bits per heavy atom. The van der Waals surface area contributed by atoms with E-state index in [1.807, 2.05) is 0 Å². The summed E-state index contributed by atoms with van der Waals surface area (Å²) in [6.07, 6.45) is 0. The van der Waals surface area contributed by atoms with Gasteiger partial charge in [-0.1, -0.05) is 6.07 Å². The van der Waals surface area contributed by atoms with Crippen molar-refractivity contribution in [3.63, 3.8) is 0 Å². The minimum Gasteiger partial charge on any atom is -0.490 e. The maximum atomic E-state index is 13.4. The number of hydrogen-bond acceptors (Lipinski definition) is 5. The molecule has 0 unspecified atom stereocenters. The fourth-order valence-corrected chi connectivity index (χ4v) is 2.88. The number of ether oxygens (including phenoxy) is 2. The second kappa shape index (κ2) is 8.24. The summed E-state index contributed by atoms with van der Waals surface area (Å²) in [4.78, 5) is 11.8. The van der Waals surface area contributed by atoms with Crippen molar-refractivity contribution in [2.24, 2.45) is 0 Å². The Morgan fingerprint density at radius 2 is 1.58 bits per heavy atom. The summed E-state index contributed by atoms with van der Waals surface area (Å²) >= 11 is 0. The van der Waals surface area contributed by atoms with Crippen LogP contribution in [0.1, 0.15) is 10.4 Å². The topological polar surface area (TPSA) is 72.9 Å². The quantitative estimate of drug-likeness (QED) is 0.541. The molecule has 0 atom stereocenters. The molecule has 2 rings (SSSR count). The van der Waals surface area contributed by atoms with E-state index < -0.39 is 33.2 Å². The van der Waals surface area contributed by atoms with Crippen LogP contribution in [0.4, 0.5) is 8.78 Å². The smallest absolute Gasteiger partial charge is 0.344 e. The van der Waals surface area contributed by atoms with Crippen LogP contribution in [0.3, 0.4) is 0 Å². The lowest BCUT2D eigenvalue weighted by Crippen LogP contribution is -2.22. The number of nitrogens with zero attached hydrogens (tertiary/aromatic N) is 1. The lowest BCUT2D eigenvalue weighted by Gasteiger charge is -2.12. The molecule has 0 aliphatic heterocycles. The van der Waals surface area contributed by atoms with Gasteiger partial charge in [0.2, 0.25) is 10.0 Å². The molecular formula is C17H17F2NO5S. The van der Waals surface area contributed by atoms with Crippen LogP contribution in [0, 0.1) is 11.6 Å². The molecule has 2 aromatic carbocycles. The van der Waals surface area contributed by atoms with Crippen LogP contribution in [0.25, 0.3) is 0 Å². The highest BCUT2D eigenvalue weighted by Crippen LogP contribution is 2.18. The Balaban J connectivity index is 1.88. The molecule has 140 valence electrons. The van der Waals surface area contributed by atoms with Crippen LogP contribution in [0.5, 0.6) is 5.75 Å². The van der Waals surface area contributed by atoms with Crippen molar-refractivity contribution < 1.29 is 31.5 Å². The third-order valence-corrected chi connectivity index (χ3v) is 5.18. The molecule has 0 N–H and O–H groups in total. The zero-order valence-electron chi connectivity index (χ0n) is 14.1. The average molecular weight is 385 g/mol. The highest BCUT2D eigenvalue weighted by atomic mass is 32.2. The highest BCUT2D eigenvalue weighted by Gasteiger charge is 2.19. The van der Waals surface area contributed by atoms with Gasteiger partial charge in [0.05, 0.1) is 4.90 Å². The Morgan fingerprint density at radius 3 is 2.12 bits per heavy atom. The Hall–Kier alpha value is -2.52. The van der Waals surface area contributed by atoms with Crippen LogP contribution in [-0.2, 0) is 14.8 Å². The average Bonchev–Trinajstić information content (AvgIpc) is 2.59. The fourth-order valence-electron chi connectivity index (χ4n) is 1.98. The first kappa shape index (κ1) is 19.8. The van der Waals surface area contributed by atoms with Gasteiger partial charge in [0.25, 0.3) is 0 Å². The minimum absolute atomic E-state index is 0.0679. The summed E-state index contributed by atoms with van der Waals surface area (Å²) < 4.78 is 61.9. The van der Waals surface area contributed by atoms with Gasteiger partial charge in [-0.3, -0.25) is 0 Å². The van der Waals surface area contributed by atoms with Gasteiger partial charge in [0, 0.05) is 14.1 Å². The molecule has 0 aromatic heterocycles. The predicted octanol–water partition coefficient (Wildman–Crippen LogP) is 2.45. The number of carbonyl (C=O) groups is 1. The van der Waals surface area contributed by atoms with Crippen molar-refractivity contribution in [3.05, 3.63) is 59.7 Å². The summed E-state index contributed by atoms with van der Waals surface area (Å²) in [6, 6.07) is 8.73. The van der Waals surface area contributed by atoms with E-state index in [1.165, 1.54) is 38.4 Å². The van der Waals surface area contributed by atoms with Crippen LogP contribution in [-0.4, -0.2) is 46.0 Å². The number of halogens is 2. The zero-order valence-corrected chi connectivity index (χ0v) is 14.9. The molecule has 26 heavy (non-hydrogen) atoms. The van der Waals surface area contributed by atoms with E-state index in [4.69, 9.17) is 9.47 Å². The molecule has 0 heterocycles. The van der Waals surface area contributed by atoms with Gasteiger partial charge in [0.15, 0.2) is 0 Å². The first-order valence-electron chi connectivity index (χ1n) is 7.50. The van der Waals surface area contributed by atoms with Gasteiger partial charge in [-0.15, -0.1) is 0 Å². The van der Waals surface area contributed by atoms with E-state index >= 15 is 0 Å².